The van der Waals surface area contributed by atoms with Gasteiger partial charge in [-0.2, -0.15) is 0 Å². The predicted octanol–water partition coefficient (Wildman–Crippen LogP) is 0.916. The molecule has 0 aromatic carbocycles. The van der Waals surface area contributed by atoms with Crippen molar-refractivity contribution in [1.29, 1.82) is 0 Å². The van der Waals surface area contributed by atoms with Crippen molar-refractivity contribution < 1.29 is 14.3 Å². The van der Waals surface area contributed by atoms with Crippen LogP contribution in [0.3, 0.4) is 0 Å². The fourth-order valence-corrected chi connectivity index (χ4v) is 1.14. The minimum atomic E-state index is -0.600. The number of amides is 2. The van der Waals surface area contributed by atoms with Gasteiger partial charge in [0.25, 0.3) is 0 Å². The first-order chi connectivity index (χ1) is 7.72. The summed E-state index contributed by atoms with van der Waals surface area (Å²) in [5.41, 5.74) is 9.98. The number of hydrogen-bond donors (Lipinski definition) is 3. The molecule has 1 atom stereocenters. The Kier molecular flexibility index (Phi) is 9.66. The van der Waals surface area contributed by atoms with Crippen molar-refractivity contribution in [3.05, 3.63) is 0 Å². The lowest BCUT2D eigenvalue weighted by Gasteiger charge is -2.19. The molecule has 0 saturated heterocycles. The average Bonchev–Trinajstić information content (AvgIpc) is 2.13. The number of nitrogens with two attached hydrogens (primary N) is 2. The number of carbonyl (C=O) groups excluding carboxylic acids is 2. The molecule has 0 aromatic heterocycles. The lowest BCUT2D eigenvalue weighted by atomic mass is 10.1. The maximum atomic E-state index is 11.2. The van der Waals surface area contributed by atoms with Crippen molar-refractivity contribution >= 4 is 24.4 Å². The summed E-state index contributed by atoms with van der Waals surface area (Å²) in [6.45, 7) is 5.91. The fraction of sp³-hybridized carbons (Fsp3) is 0.818. The van der Waals surface area contributed by atoms with E-state index < -0.39 is 23.6 Å². The smallest absolute Gasteiger partial charge is 0.407 e. The van der Waals surface area contributed by atoms with E-state index >= 15 is 0 Å². The van der Waals surface area contributed by atoms with E-state index in [9.17, 15) is 9.59 Å². The van der Waals surface area contributed by atoms with Crippen molar-refractivity contribution in [1.82, 2.24) is 5.32 Å². The van der Waals surface area contributed by atoms with Crippen molar-refractivity contribution in [2.24, 2.45) is 11.5 Å². The van der Waals surface area contributed by atoms with E-state index in [0.29, 0.717) is 13.0 Å². The highest BCUT2D eigenvalue weighted by atomic mass is 35.5. The van der Waals surface area contributed by atoms with Gasteiger partial charge < -0.3 is 21.5 Å². The van der Waals surface area contributed by atoms with Gasteiger partial charge in [0.2, 0.25) is 5.91 Å². The highest BCUT2D eigenvalue weighted by Crippen LogP contribution is 2.06. The molecule has 0 spiro atoms. The summed E-state index contributed by atoms with van der Waals surface area (Å²) >= 11 is 0. The van der Waals surface area contributed by atoms with Crippen LogP contribution >= 0.6 is 12.4 Å². The van der Waals surface area contributed by atoms with Crippen LogP contribution in [0.2, 0.25) is 0 Å². The molecule has 0 saturated carbocycles. The monoisotopic (exact) mass is 281 g/mol. The molecule has 0 bridgehead atoms. The molecule has 5 N–H and O–H groups in total. The Bertz CT molecular complexity index is 267. The van der Waals surface area contributed by atoms with E-state index in [4.69, 9.17) is 16.2 Å². The van der Waals surface area contributed by atoms with Gasteiger partial charge in [-0.3, -0.25) is 4.79 Å². The van der Waals surface area contributed by atoms with Crippen LogP contribution in [0.15, 0.2) is 0 Å². The third-order valence-electron chi connectivity index (χ3n) is 1.98. The number of hydrogen-bond acceptors (Lipinski definition) is 4. The Hall–Kier alpha value is -1.01. The Morgan fingerprint density at radius 2 is 1.83 bits per heavy atom. The summed E-state index contributed by atoms with van der Waals surface area (Å²) in [5.74, 6) is -0.495. The molecule has 0 aromatic rings. The van der Waals surface area contributed by atoms with Crippen LogP contribution in [-0.2, 0) is 9.53 Å². The molecule has 0 radical (unpaired) electrons. The molecule has 18 heavy (non-hydrogen) atoms. The largest absolute Gasteiger partial charge is 0.444 e. The van der Waals surface area contributed by atoms with Crippen LogP contribution in [-0.4, -0.2) is 30.2 Å². The Morgan fingerprint density at radius 3 is 2.28 bits per heavy atom. The Morgan fingerprint density at radius 1 is 1.28 bits per heavy atom. The summed E-state index contributed by atoms with van der Waals surface area (Å²) < 4.78 is 5.05. The fourth-order valence-electron chi connectivity index (χ4n) is 1.14. The molecule has 0 aliphatic rings. The van der Waals surface area contributed by atoms with Gasteiger partial charge in [-0.15, -0.1) is 12.4 Å². The second-order valence-corrected chi connectivity index (χ2v) is 4.93. The zero-order valence-corrected chi connectivity index (χ0v) is 12.0. The molecule has 2 amide bonds. The van der Waals surface area contributed by atoms with Crippen LogP contribution in [0.25, 0.3) is 0 Å². The quantitative estimate of drug-likeness (QED) is 0.629. The molecular formula is C11H24ClN3O3. The van der Waals surface area contributed by atoms with Gasteiger partial charge in [-0.05, 0) is 40.0 Å². The third kappa shape index (κ3) is 11.5. The first kappa shape index (κ1) is 19.3. The number of unbranched alkanes of at least 4 members (excludes halogenated alkanes) is 1. The van der Waals surface area contributed by atoms with E-state index in [1.54, 1.807) is 20.8 Å². The molecule has 0 unspecified atom stereocenters. The van der Waals surface area contributed by atoms with Crippen LogP contribution < -0.4 is 16.8 Å². The molecule has 0 rings (SSSR count). The number of rotatable bonds is 6. The first-order valence-electron chi connectivity index (χ1n) is 5.74. The van der Waals surface area contributed by atoms with Gasteiger partial charge in [0.05, 0.1) is 6.04 Å². The SMILES string of the molecule is CC(C)(C)OC(=O)NCCCC[C@H](N)C(N)=O.Cl. The van der Waals surface area contributed by atoms with Crippen LogP contribution in [0.4, 0.5) is 4.79 Å². The van der Waals surface area contributed by atoms with Crippen LogP contribution in [0, 0.1) is 0 Å². The maximum Gasteiger partial charge on any atom is 0.407 e. The second kappa shape index (κ2) is 8.99. The number of primary amides is 1. The predicted molar refractivity (Wildman–Crippen MR) is 72.5 cm³/mol. The third-order valence-corrected chi connectivity index (χ3v) is 1.98. The molecule has 6 nitrogen and oxygen atoms in total. The lowest BCUT2D eigenvalue weighted by Crippen LogP contribution is -2.36. The number of carbonyl (C=O) groups is 2. The van der Waals surface area contributed by atoms with Crippen molar-refractivity contribution in [2.45, 2.75) is 51.7 Å². The van der Waals surface area contributed by atoms with E-state index in [0.717, 1.165) is 12.8 Å². The summed E-state index contributed by atoms with van der Waals surface area (Å²) in [6.07, 6.45) is 1.57. The van der Waals surface area contributed by atoms with Crippen molar-refractivity contribution in [3.8, 4) is 0 Å². The lowest BCUT2D eigenvalue weighted by molar-refractivity contribution is -0.119. The zero-order chi connectivity index (χ0) is 13.5. The minimum Gasteiger partial charge on any atom is -0.444 e. The average molecular weight is 282 g/mol. The van der Waals surface area contributed by atoms with Crippen LogP contribution in [0.5, 0.6) is 0 Å². The number of nitrogens with one attached hydrogen (secondary N) is 1. The van der Waals surface area contributed by atoms with E-state index in [-0.39, 0.29) is 12.4 Å². The Labute approximate surface area is 114 Å². The zero-order valence-electron chi connectivity index (χ0n) is 11.2. The number of ether oxygens (including phenoxy) is 1. The van der Waals surface area contributed by atoms with Gasteiger partial charge in [0, 0.05) is 6.54 Å². The van der Waals surface area contributed by atoms with Gasteiger partial charge in [0.15, 0.2) is 0 Å². The van der Waals surface area contributed by atoms with Crippen LogP contribution in [0.1, 0.15) is 40.0 Å². The minimum absolute atomic E-state index is 0. The summed E-state index contributed by atoms with van der Waals surface area (Å²) in [7, 11) is 0. The number of halogens is 1. The Balaban J connectivity index is 0. The summed E-state index contributed by atoms with van der Waals surface area (Å²) in [6, 6.07) is -0.600. The molecule has 7 heteroatoms. The maximum absolute atomic E-state index is 11.2. The van der Waals surface area contributed by atoms with Gasteiger partial charge in [0.1, 0.15) is 5.60 Å². The topological polar surface area (TPSA) is 107 Å². The standard InChI is InChI=1S/C11H23N3O3.ClH/c1-11(2,3)17-10(16)14-7-5-4-6-8(12)9(13)15;/h8H,4-7,12H2,1-3H3,(H2,13,15)(H,14,16);1H/t8-;/m0./s1. The highest BCUT2D eigenvalue weighted by Gasteiger charge is 2.15. The highest BCUT2D eigenvalue weighted by molar-refractivity contribution is 5.85. The van der Waals surface area contributed by atoms with Crippen molar-refractivity contribution in [3.63, 3.8) is 0 Å². The molecule has 108 valence electrons. The molecule has 0 fully saturated rings. The van der Waals surface area contributed by atoms with Gasteiger partial charge >= 0.3 is 6.09 Å². The van der Waals surface area contributed by atoms with Gasteiger partial charge in [-0.1, -0.05) is 0 Å². The molecule has 0 aliphatic carbocycles. The van der Waals surface area contributed by atoms with E-state index in [1.807, 2.05) is 0 Å². The molecule has 0 aliphatic heterocycles. The normalized spacial score (nSPS) is 12.2. The number of alkyl carbamates (subject to hydrolysis) is 1. The van der Waals surface area contributed by atoms with E-state index in [2.05, 4.69) is 5.32 Å². The van der Waals surface area contributed by atoms with Crippen molar-refractivity contribution in [2.75, 3.05) is 6.54 Å². The molecular weight excluding hydrogens is 258 g/mol. The molecule has 0 heterocycles. The van der Waals surface area contributed by atoms with E-state index in [1.165, 1.54) is 0 Å². The second-order valence-electron chi connectivity index (χ2n) is 4.93. The summed E-state index contributed by atoms with van der Waals surface area (Å²) in [4.78, 5) is 21.9. The van der Waals surface area contributed by atoms with Gasteiger partial charge in [-0.25, -0.2) is 4.79 Å². The first-order valence-corrected chi connectivity index (χ1v) is 5.74. The summed E-state index contributed by atoms with van der Waals surface area (Å²) in [5, 5.41) is 2.62.